The Kier molecular flexibility index (Phi) is 6.78. The minimum atomic E-state index is -4.60. The molecule has 3 aromatic rings. The molecule has 2 fully saturated rings. The molecule has 5 rings (SSSR count). The molecule has 0 radical (unpaired) electrons. The Morgan fingerprint density at radius 1 is 1.03 bits per heavy atom. The molecule has 2 atom stereocenters. The predicted octanol–water partition coefficient (Wildman–Crippen LogP) is 6.03. The molecule has 1 saturated heterocycles. The third-order valence-corrected chi connectivity index (χ3v) is 7.04. The first-order valence-corrected chi connectivity index (χ1v) is 12.2. The van der Waals surface area contributed by atoms with Gasteiger partial charge in [0.05, 0.1) is 11.5 Å². The summed E-state index contributed by atoms with van der Waals surface area (Å²) < 4.78 is 60.5. The fourth-order valence-corrected chi connectivity index (χ4v) is 5.01. The number of alkyl halides is 4. The van der Waals surface area contributed by atoms with E-state index in [1.165, 1.54) is 12.1 Å². The number of nitrogens with zero attached hydrogens (tertiary/aromatic N) is 3. The number of anilines is 2. The maximum absolute atomic E-state index is 13.9. The normalized spacial score (nSPS) is 20.8. The summed E-state index contributed by atoms with van der Waals surface area (Å²) in [6, 6.07) is 11.1. The van der Waals surface area contributed by atoms with Gasteiger partial charge in [0.25, 0.3) is 5.89 Å². The van der Waals surface area contributed by atoms with Crippen LogP contribution in [0.4, 0.5) is 28.9 Å². The van der Waals surface area contributed by atoms with Crippen LogP contribution in [0.25, 0.3) is 22.8 Å². The molecule has 11 heteroatoms. The quantitative estimate of drug-likeness (QED) is 0.385. The smallest absolute Gasteiger partial charge is 0.418 e. The summed E-state index contributed by atoms with van der Waals surface area (Å²) in [6.45, 7) is 0.448. The average molecular weight is 519 g/mol. The molecule has 0 amide bonds. The van der Waals surface area contributed by atoms with Gasteiger partial charge in [0.15, 0.2) is 0 Å². The number of piperidine rings is 1. The second-order valence-electron chi connectivity index (χ2n) is 9.58. The minimum Gasteiger partial charge on any atom is -0.481 e. The number of halogens is 4. The summed E-state index contributed by atoms with van der Waals surface area (Å²) >= 11 is 0. The van der Waals surface area contributed by atoms with E-state index >= 15 is 0 Å². The second kappa shape index (κ2) is 10.0. The zero-order chi connectivity index (χ0) is 26.2. The monoisotopic (exact) mass is 518 g/mol. The van der Waals surface area contributed by atoms with Gasteiger partial charge in [0, 0.05) is 41.6 Å². The van der Waals surface area contributed by atoms with Gasteiger partial charge in [-0.1, -0.05) is 5.16 Å². The van der Waals surface area contributed by atoms with Gasteiger partial charge in [0.1, 0.15) is 6.17 Å². The first kappa shape index (κ1) is 25.0. The maximum atomic E-state index is 13.9. The van der Waals surface area contributed by atoms with Crippen LogP contribution in [0.3, 0.4) is 0 Å². The zero-order valence-corrected chi connectivity index (χ0v) is 19.8. The van der Waals surface area contributed by atoms with Crippen LogP contribution in [-0.2, 0) is 11.0 Å². The van der Waals surface area contributed by atoms with Crippen LogP contribution < -0.4 is 10.2 Å². The highest BCUT2D eigenvalue weighted by molar-refractivity contribution is 5.71. The summed E-state index contributed by atoms with van der Waals surface area (Å²) in [6.07, 6.45) is -3.20. The molecular formula is C26H26F4N4O3. The number of hydrogen-bond donors (Lipinski definition) is 2. The Balaban J connectivity index is 1.32. The molecule has 0 spiro atoms. The Hall–Kier alpha value is -3.63. The number of benzene rings is 2. The molecule has 0 bridgehead atoms. The number of carboxylic acid groups (broad SMARTS) is 1. The van der Waals surface area contributed by atoms with Crippen LogP contribution in [0, 0.1) is 5.92 Å². The predicted molar refractivity (Wildman–Crippen MR) is 129 cm³/mol. The van der Waals surface area contributed by atoms with Gasteiger partial charge < -0.3 is 19.8 Å². The van der Waals surface area contributed by atoms with Crippen molar-refractivity contribution in [3.8, 4) is 22.8 Å². The topological polar surface area (TPSA) is 91.5 Å². The van der Waals surface area contributed by atoms with Crippen molar-refractivity contribution in [3.05, 3.63) is 48.0 Å². The van der Waals surface area contributed by atoms with Gasteiger partial charge in [-0.2, -0.15) is 18.2 Å². The summed E-state index contributed by atoms with van der Waals surface area (Å²) in [5, 5.41) is 16.4. The fourth-order valence-electron chi connectivity index (χ4n) is 5.01. The van der Waals surface area contributed by atoms with E-state index in [0.717, 1.165) is 18.2 Å². The Labute approximate surface area is 210 Å². The van der Waals surface area contributed by atoms with Gasteiger partial charge in [0.2, 0.25) is 5.82 Å². The third kappa shape index (κ3) is 5.55. The summed E-state index contributed by atoms with van der Waals surface area (Å²) in [5.41, 5.74) is 0.787. The molecule has 1 aliphatic heterocycles. The van der Waals surface area contributed by atoms with Gasteiger partial charge in [-0.3, -0.25) is 4.79 Å². The maximum Gasteiger partial charge on any atom is 0.418 e. The molecule has 2 aliphatic rings. The number of aliphatic carboxylic acids is 1. The lowest BCUT2D eigenvalue weighted by Crippen LogP contribution is -2.35. The van der Waals surface area contributed by atoms with Crippen molar-refractivity contribution in [2.45, 2.75) is 50.5 Å². The van der Waals surface area contributed by atoms with E-state index < -0.39 is 23.9 Å². The van der Waals surface area contributed by atoms with Gasteiger partial charge in [-0.25, -0.2) is 4.39 Å². The van der Waals surface area contributed by atoms with Crippen molar-refractivity contribution in [3.63, 3.8) is 0 Å². The van der Waals surface area contributed by atoms with Gasteiger partial charge in [-0.05, 0) is 74.6 Å². The second-order valence-corrected chi connectivity index (χ2v) is 9.58. The largest absolute Gasteiger partial charge is 0.481 e. The molecule has 1 aromatic heterocycles. The molecule has 37 heavy (non-hydrogen) atoms. The van der Waals surface area contributed by atoms with E-state index in [-0.39, 0.29) is 60.9 Å². The Bertz CT molecular complexity index is 1250. The first-order valence-electron chi connectivity index (χ1n) is 12.2. The summed E-state index contributed by atoms with van der Waals surface area (Å²) in [5.74, 6) is -0.911. The first-order chi connectivity index (χ1) is 17.7. The lowest BCUT2D eigenvalue weighted by Gasteiger charge is -2.32. The van der Waals surface area contributed by atoms with E-state index in [4.69, 9.17) is 9.63 Å². The zero-order valence-electron chi connectivity index (χ0n) is 19.8. The van der Waals surface area contributed by atoms with E-state index in [2.05, 4.69) is 15.5 Å². The third-order valence-electron chi connectivity index (χ3n) is 7.04. The highest BCUT2D eigenvalue weighted by atomic mass is 19.4. The Morgan fingerprint density at radius 2 is 1.73 bits per heavy atom. The van der Waals surface area contributed by atoms with Crippen LogP contribution in [0.1, 0.15) is 37.7 Å². The lowest BCUT2D eigenvalue weighted by molar-refractivity contribution is -0.141. The van der Waals surface area contributed by atoms with E-state index in [1.54, 1.807) is 17.0 Å². The molecular weight excluding hydrogens is 492 g/mol. The molecule has 1 saturated carbocycles. The molecule has 7 nitrogen and oxygen atoms in total. The number of carboxylic acids is 1. The minimum absolute atomic E-state index is 0.0203. The standard InChI is InChI=1S/C26H26F4N4O3/c27-18-9-11-34(12-10-18)22-8-4-16(14-21(22)26(28,29)30)23-32-24(37-33-23)15-1-5-19(6-2-15)31-20-7-3-17(13-20)25(35)36/h1-2,4-6,8,14,17-18,20,31H,3,7,9-13H2,(H,35,36)/t17-,20-/m1/s1. The van der Waals surface area contributed by atoms with Crippen LogP contribution in [0.15, 0.2) is 47.0 Å². The van der Waals surface area contributed by atoms with Crippen molar-refractivity contribution in [2.24, 2.45) is 5.92 Å². The number of nitrogens with one attached hydrogen (secondary N) is 1. The highest BCUT2D eigenvalue weighted by Gasteiger charge is 2.36. The van der Waals surface area contributed by atoms with Crippen LogP contribution >= 0.6 is 0 Å². The molecule has 2 N–H and O–H groups in total. The number of carbonyl (C=O) groups is 1. The molecule has 196 valence electrons. The van der Waals surface area contributed by atoms with Crippen molar-refractivity contribution >= 4 is 17.3 Å². The van der Waals surface area contributed by atoms with Gasteiger partial charge >= 0.3 is 12.1 Å². The van der Waals surface area contributed by atoms with Crippen molar-refractivity contribution in [1.29, 1.82) is 0 Å². The lowest BCUT2D eigenvalue weighted by atomic mass is 10.0. The van der Waals surface area contributed by atoms with E-state index in [9.17, 15) is 22.4 Å². The molecule has 1 aliphatic carbocycles. The van der Waals surface area contributed by atoms with Crippen molar-refractivity contribution < 1.29 is 32.0 Å². The van der Waals surface area contributed by atoms with Crippen LogP contribution in [-0.4, -0.2) is 46.5 Å². The number of rotatable bonds is 6. The molecule has 0 unspecified atom stereocenters. The SMILES string of the molecule is O=C(O)[C@@H]1CC[C@@H](Nc2ccc(-c3nc(-c4ccc(N5CCC(F)CC5)c(C(F)(F)F)c4)no3)cc2)C1. The summed E-state index contributed by atoms with van der Waals surface area (Å²) in [4.78, 5) is 17.0. The molecule has 2 heterocycles. The van der Waals surface area contributed by atoms with E-state index in [1.807, 2.05) is 12.1 Å². The van der Waals surface area contributed by atoms with Crippen LogP contribution in [0.5, 0.6) is 0 Å². The van der Waals surface area contributed by atoms with Gasteiger partial charge in [-0.15, -0.1) is 0 Å². The summed E-state index contributed by atoms with van der Waals surface area (Å²) in [7, 11) is 0. The Morgan fingerprint density at radius 3 is 2.38 bits per heavy atom. The average Bonchev–Trinajstić information content (AvgIpc) is 3.55. The molecule has 2 aromatic carbocycles. The fraction of sp³-hybridized carbons (Fsp3) is 0.423. The van der Waals surface area contributed by atoms with Crippen LogP contribution in [0.2, 0.25) is 0 Å². The number of hydrogen-bond acceptors (Lipinski definition) is 6. The van der Waals surface area contributed by atoms with Crippen molar-refractivity contribution in [2.75, 3.05) is 23.3 Å². The van der Waals surface area contributed by atoms with Crippen molar-refractivity contribution in [1.82, 2.24) is 10.1 Å². The van der Waals surface area contributed by atoms with E-state index in [0.29, 0.717) is 18.4 Å². The number of aromatic nitrogens is 2. The highest BCUT2D eigenvalue weighted by Crippen LogP contribution is 2.40.